The van der Waals surface area contributed by atoms with Gasteiger partial charge in [-0.25, -0.2) is 9.50 Å². The largest absolute Gasteiger partial charge is 0.325 e. The second-order valence-electron chi connectivity index (χ2n) is 7.57. The standard InChI is InChI=1S/C24H23ClN4OS/c1-14-5-10-20(11-15(14)2)27-21(30)13-31-22-12-16(3)26-24-23(17(4)28-29(22)24)18-6-8-19(25)9-7-18/h5-12H,13H2,1-4H3,(H,27,30). The molecule has 2 aromatic carbocycles. The van der Waals surface area contributed by atoms with E-state index in [-0.39, 0.29) is 11.7 Å². The molecule has 0 saturated carbocycles. The number of aryl methyl sites for hydroxylation is 4. The Morgan fingerprint density at radius 1 is 1.03 bits per heavy atom. The summed E-state index contributed by atoms with van der Waals surface area (Å²) in [6.07, 6.45) is 0. The normalized spacial score (nSPS) is 11.1. The zero-order chi connectivity index (χ0) is 22.1. The van der Waals surface area contributed by atoms with Crippen LogP contribution in [0.2, 0.25) is 5.02 Å². The summed E-state index contributed by atoms with van der Waals surface area (Å²) in [6, 6.07) is 15.6. The molecule has 0 aliphatic heterocycles. The molecular weight excluding hydrogens is 428 g/mol. The van der Waals surface area contributed by atoms with E-state index in [1.165, 1.54) is 17.3 Å². The average molecular weight is 451 g/mol. The molecule has 0 unspecified atom stereocenters. The van der Waals surface area contributed by atoms with Crippen molar-refractivity contribution in [2.24, 2.45) is 0 Å². The van der Waals surface area contributed by atoms with Crippen molar-refractivity contribution in [3.05, 3.63) is 76.1 Å². The van der Waals surface area contributed by atoms with Crippen LogP contribution in [0.15, 0.2) is 53.6 Å². The lowest BCUT2D eigenvalue weighted by Crippen LogP contribution is -2.14. The number of rotatable bonds is 5. The van der Waals surface area contributed by atoms with Crippen molar-refractivity contribution >= 4 is 40.6 Å². The molecule has 31 heavy (non-hydrogen) atoms. The molecule has 0 aliphatic carbocycles. The highest BCUT2D eigenvalue weighted by Gasteiger charge is 2.17. The Hall–Kier alpha value is -2.83. The molecule has 0 saturated heterocycles. The topological polar surface area (TPSA) is 59.3 Å². The number of hydrogen-bond donors (Lipinski definition) is 1. The van der Waals surface area contributed by atoms with Crippen molar-refractivity contribution in [1.82, 2.24) is 14.6 Å². The summed E-state index contributed by atoms with van der Waals surface area (Å²) in [5, 5.41) is 9.24. The maximum atomic E-state index is 12.5. The number of thioether (sulfide) groups is 1. The van der Waals surface area contributed by atoms with Gasteiger partial charge >= 0.3 is 0 Å². The van der Waals surface area contributed by atoms with Crippen LogP contribution in [0.1, 0.15) is 22.5 Å². The van der Waals surface area contributed by atoms with Crippen LogP contribution in [0.5, 0.6) is 0 Å². The van der Waals surface area contributed by atoms with Crippen molar-refractivity contribution in [2.45, 2.75) is 32.7 Å². The lowest BCUT2D eigenvalue weighted by atomic mass is 10.1. The molecule has 2 aromatic heterocycles. The molecule has 4 rings (SSSR count). The Labute approximate surface area is 190 Å². The van der Waals surface area contributed by atoms with E-state index in [2.05, 4.69) is 12.2 Å². The van der Waals surface area contributed by atoms with Crippen LogP contribution in [0, 0.1) is 27.7 Å². The van der Waals surface area contributed by atoms with Crippen LogP contribution >= 0.6 is 23.4 Å². The van der Waals surface area contributed by atoms with E-state index in [0.29, 0.717) is 5.02 Å². The van der Waals surface area contributed by atoms with Gasteiger partial charge in [-0.05, 0) is 74.7 Å². The van der Waals surface area contributed by atoms with Crippen molar-refractivity contribution in [3.8, 4) is 11.1 Å². The van der Waals surface area contributed by atoms with Gasteiger partial charge in [0, 0.05) is 22.0 Å². The fraction of sp³-hybridized carbons (Fsp3) is 0.208. The lowest BCUT2D eigenvalue weighted by molar-refractivity contribution is -0.113. The van der Waals surface area contributed by atoms with E-state index < -0.39 is 0 Å². The van der Waals surface area contributed by atoms with Crippen LogP contribution < -0.4 is 5.32 Å². The molecule has 0 aliphatic rings. The monoisotopic (exact) mass is 450 g/mol. The summed E-state index contributed by atoms with van der Waals surface area (Å²) in [4.78, 5) is 17.3. The summed E-state index contributed by atoms with van der Waals surface area (Å²) in [5.41, 5.74) is 7.68. The number of aromatic nitrogens is 3. The Morgan fingerprint density at radius 2 is 1.77 bits per heavy atom. The number of fused-ring (bicyclic) bond motifs is 1. The first-order chi connectivity index (χ1) is 14.8. The minimum atomic E-state index is -0.0577. The summed E-state index contributed by atoms with van der Waals surface area (Å²) in [5.74, 6) is 0.221. The van der Waals surface area contributed by atoms with E-state index in [4.69, 9.17) is 21.7 Å². The fourth-order valence-corrected chi connectivity index (χ4v) is 4.40. The third-order valence-corrected chi connectivity index (χ3v) is 6.38. The van der Waals surface area contributed by atoms with Gasteiger partial charge in [-0.15, -0.1) is 0 Å². The highest BCUT2D eigenvalue weighted by atomic mass is 35.5. The number of halogens is 1. The van der Waals surface area contributed by atoms with Crippen LogP contribution in [0.4, 0.5) is 5.69 Å². The van der Waals surface area contributed by atoms with Crippen molar-refractivity contribution in [2.75, 3.05) is 11.1 Å². The van der Waals surface area contributed by atoms with Crippen LogP contribution in [0.3, 0.4) is 0 Å². The molecule has 0 fully saturated rings. The lowest BCUT2D eigenvalue weighted by Gasteiger charge is -2.09. The minimum absolute atomic E-state index is 0.0577. The molecule has 0 atom stereocenters. The van der Waals surface area contributed by atoms with Crippen molar-refractivity contribution in [1.29, 1.82) is 0 Å². The smallest absolute Gasteiger partial charge is 0.234 e. The maximum Gasteiger partial charge on any atom is 0.234 e. The first-order valence-electron chi connectivity index (χ1n) is 9.94. The van der Waals surface area contributed by atoms with Gasteiger partial charge in [0.1, 0.15) is 5.03 Å². The maximum absolute atomic E-state index is 12.5. The Bertz CT molecular complexity index is 1280. The predicted molar refractivity (Wildman–Crippen MR) is 128 cm³/mol. The number of nitrogens with zero attached hydrogens (tertiary/aromatic N) is 3. The second-order valence-corrected chi connectivity index (χ2v) is 9.01. The van der Waals surface area contributed by atoms with Gasteiger partial charge in [0.15, 0.2) is 5.65 Å². The van der Waals surface area contributed by atoms with Gasteiger partial charge in [0.2, 0.25) is 5.91 Å². The zero-order valence-electron chi connectivity index (χ0n) is 17.9. The van der Waals surface area contributed by atoms with E-state index in [0.717, 1.165) is 44.4 Å². The zero-order valence-corrected chi connectivity index (χ0v) is 19.4. The van der Waals surface area contributed by atoms with Gasteiger partial charge in [0.25, 0.3) is 0 Å². The molecular formula is C24H23ClN4OS. The van der Waals surface area contributed by atoms with Crippen molar-refractivity contribution in [3.63, 3.8) is 0 Å². The highest BCUT2D eigenvalue weighted by molar-refractivity contribution is 7.99. The van der Waals surface area contributed by atoms with Gasteiger partial charge in [-0.1, -0.05) is 41.6 Å². The molecule has 5 nitrogen and oxygen atoms in total. The number of hydrogen-bond acceptors (Lipinski definition) is 4. The molecule has 4 aromatic rings. The predicted octanol–water partition coefficient (Wildman–Crippen LogP) is 6.01. The number of nitrogens with one attached hydrogen (secondary N) is 1. The second kappa shape index (κ2) is 8.73. The third-order valence-electron chi connectivity index (χ3n) is 5.13. The van der Waals surface area contributed by atoms with Gasteiger partial charge in [-0.3, -0.25) is 4.79 Å². The van der Waals surface area contributed by atoms with Gasteiger partial charge in [0.05, 0.1) is 11.4 Å². The summed E-state index contributed by atoms with van der Waals surface area (Å²) >= 11 is 7.49. The first kappa shape index (κ1) is 21.4. The van der Waals surface area contributed by atoms with Crippen LogP contribution in [-0.2, 0) is 4.79 Å². The summed E-state index contributed by atoms with van der Waals surface area (Å²) < 4.78 is 1.82. The van der Waals surface area contributed by atoms with Gasteiger partial charge in [-0.2, -0.15) is 5.10 Å². The SMILES string of the molecule is Cc1cc(SCC(=O)Nc2ccc(C)c(C)c2)n2nc(C)c(-c3ccc(Cl)cc3)c2n1. The minimum Gasteiger partial charge on any atom is -0.325 e. The quantitative estimate of drug-likeness (QED) is 0.298. The molecule has 0 bridgehead atoms. The molecule has 0 spiro atoms. The van der Waals surface area contributed by atoms with Crippen molar-refractivity contribution < 1.29 is 4.79 Å². The first-order valence-corrected chi connectivity index (χ1v) is 11.3. The number of carbonyl (C=O) groups excluding carboxylic acids is 1. The number of benzene rings is 2. The molecule has 0 radical (unpaired) electrons. The summed E-state index contributed by atoms with van der Waals surface area (Å²) in [6.45, 7) is 8.01. The third kappa shape index (κ3) is 4.60. The Morgan fingerprint density at radius 3 is 2.48 bits per heavy atom. The van der Waals surface area contributed by atoms with Crippen LogP contribution in [0.25, 0.3) is 16.8 Å². The Balaban J connectivity index is 1.59. The van der Waals surface area contributed by atoms with E-state index in [9.17, 15) is 4.79 Å². The van der Waals surface area contributed by atoms with E-state index >= 15 is 0 Å². The van der Waals surface area contributed by atoms with Crippen LogP contribution in [-0.4, -0.2) is 26.3 Å². The Kier molecular flexibility index (Phi) is 6.03. The fourth-order valence-electron chi connectivity index (χ4n) is 3.42. The van der Waals surface area contributed by atoms with Gasteiger partial charge < -0.3 is 5.32 Å². The molecule has 7 heteroatoms. The van der Waals surface area contributed by atoms with E-state index in [1.807, 2.05) is 73.8 Å². The summed E-state index contributed by atoms with van der Waals surface area (Å²) in [7, 11) is 0. The molecule has 2 heterocycles. The molecule has 1 amide bonds. The number of carbonyl (C=O) groups is 1. The van der Waals surface area contributed by atoms with E-state index in [1.54, 1.807) is 0 Å². The highest BCUT2D eigenvalue weighted by Crippen LogP contribution is 2.31. The molecule has 1 N–H and O–H groups in total. The average Bonchev–Trinajstić information content (AvgIpc) is 3.05. The number of anilines is 1. The number of amides is 1. The molecule has 158 valence electrons.